The molecule has 0 fully saturated rings. The van der Waals surface area contributed by atoms with Gasteiger partial charge in [0.15, 0.2) is 11.5 Å². The van der Waals surface area contributed by atoms with Crippen molar-refractivity contribution >= 4 is 5.78 Å². The van der Waals surface area contributed by atoms with Crippen molar-refractivity contribution in [2.24, 2.45) is 0 Å². The molecule has 1 aromatic carbocycles. The van der Waals surface area contributed by atoms with Gasteiger partial charge in [0.1, 0.15) is 11.4 Å². The molecule has 0 bridgehead atoms. The number of benzene rings is 1. The lowest BCUT2D eigenvalue weighted by Gasteiger charge is -2.00. The van der Waals surface area contributed by atoms with Crippen LogP contribution in [0.3, 0.4) is 0 Å². The number of Topliss-reactive ketones (excluding diaryl/α,β-unsaturated/α-hetero) is 1. The molecule has 1 aromatic heterocycles. The molecule has 0 spiro atoms. The van der Waals surface area contributed by atoms with Crippen LogP contribution in [0.15, 0.2) is 34.9 Å². The highest BCUT2D eigenvalue weighted by Crippen LogP contribution is 2.24. The summed E-state index contributed by atoms with van der Waals surface area (Å²) < 4.78 is 10.2. The van der Waals surface area contributed by atoms with Crippen LogP contribution in [0.25, 0.3) is 11.3 Å². The zero-order valence-electron chi connectivity index (χ0n) is 9.06. The lowest BCUT2D eigenvalue weighted by atomic mass is 10.1. The first-order valence-corrected chi connectivity index (χ1v) is 4.83. The third kappa shape index (κ3) is 1.95. The standard InChI is InChI=1S/C12H11NO3/c1-8(14)11-7-12(16-13-11)9-4-3-5-10(6-9)15-2/h3-7H,1-2H3. The highest BCUT2D eigenvalue weighted by Gasteiger charge is 2.10. The van der Waals surface area contributed by atoms with Gasteiger partial charge in [0.05, 0.1) is 7.11 Å². The Morgan fingerprint density at radius 1 is 1.38 bits per heavy atom. The van der Waals surface area contributed by atoms with Crippen LogP contribution in [0.5, 0.6) is 5.75 Å². The molecule has 82 valence electrons. The summed E-state index contributed by atoms with van der Waals surface area (Å²) in [4.78, 5) is 11.1. The van der Waals surface area contributed by atoms with Crippen molar-refractivity contribution in [3.63, 3.8) is 0 Å². The average Bonchev–Trinajstić information content (AvgIpc) is 2.78. The number of ether oxygens (including phenoxy) is 1. The summed E-state index contributed by atoms with van der Waals surface area (Å²) in [7, 11) is 1.60. The third-order valence-electron chi connectivity index (χ3n) is 2.23. The molecule has 1 heterocycles. The van der Waals surface area contributed by atoms with Crippen LogP contribution in [0.4, 0.5) is 0 Å². The van der Waals surface area contributed by atoms with Crippen molar-refractivity contribution in [2.75, 3.05) is 7.11 Å². The molecular formula is C12H11NO3. The van der Waals surface area contributed by atoms with Gasteiger partial charge in [-0.1, -0.05) is 17.3 Å². The van der Waals surface area contributed by atoms with Crippen molar-refractivity contribution in [1.82, 2.24) is 5.16 Å². The second-order valence-electron chi connectivity index (χ2n) is 3.36. The number of carbonyl (C=O) groups excluding carboxylic acids is 1. The highest BCUT2D eigenvalue weighted by atomic mass is 16.5. The maximum Gasteiger partial charge on any atom is 0.181 e. The van der Waals surface area contributed by atoms with Crippen molar-refractivity contribution in [1.29, 1.82) is 0 Å². The Kier molecular flexibility index (Phi) is 2.72. The summed E-state index contributed by atoms with van der Waals surface area (Å²) in [6.07, 6.45) is 0. The van der Waals surface area contributed by atoms with E-state index in [1.807, 2.05) is 24.3 Å². The van der Waals surface area contributed by atoms with Crippen molar-refractivity contribution < 1.29 is 14.1 Å². The molecule has 0 aliphatic rings. The lowest BCUT2D eigenvalue weighted by Crippen LogP contribution is -1.89. The molecular weight excluding hydrogens is 206 g/mol. The van der Waals surface area contributed by atoms with Gasteiger partial charge in [0.25, 0.3) is 0 Å². The van der Waals surface area contributed by atoms with E-state index in [0.717, 1.165) is 11.3 Å². The molecule has 0 unspecified atom stereocenters. The van der Waals surface area contributed by atoms with E-state index in [2.05, 4.69) is 5.16 Å². The molecule has 2 rings (SSSR count). The molecule has 0 atom stereocenters. The van der Waals surface area contributed by atoms with E-state index in [-0.39, 0.29) is 5.78 Å². The molecule has 4 heteroatoms. The van der Waals surface area contributed by atoms with Crippen LogP contribution in [0, 0.1) is 0 Å². The average molecular weight is 217 g/mol. The molecule has 0 saturated carbocycles. The zero-order chi connectivity index (χ0) is 11.5. The van der Waals surface area contributed by atoms with Crippen molar-refractivity contribution in [3.8, 4) is 17.1 Å². The number of hydrogen-bond donors (Lipinski definition) is 0. The third-order valence-corrected chi connectivity index (χ3v) is 2.23. The van der Waals surface area contributed by atoms with Gasteiger partial charge in [-0.3, -0.25) is 4.79 Å². The molecule has 0 radical (unpaired) electrons. The van der Waals surface area contributed by atoms with Crippen molar-refractivity contribution in [2.45, 2.75) is 6.92 Å². The van der Waals surface area contributed by atoms with Gasteiger partial charge in [0, 0.05) is 18.6 Å². The van der Waals surface area contributed by atoms with Crippen LogP contribution in [0.1, 0.15) is 17.4 Å². The summed E-state index contributed by atoms with van der Waals surface area (Å²) in [6, 6.07) is 9.00. The second-order valence-corrected chi connectivity index (χ2v) is 3.36. The summed E-state index contributed by atoms with van der Waals surface area (Å²) >= 11 is 0. The van der Waals surface area contributed by atoms with Crippen LogP contribution in [0.2, 0.25) is 0 Å². The fourth-order valence-electron chi connectivity index (χ4n) is 1.35. The number of methoxy groups -OCH3 is 1. The minimum atomic E-state index is -0.113. The van der Waals surface area contributed by atoms with E-state index in [1.54, 1.807) is 13.2 Å². The molecule has 0 saturated heterocycles. The quantitative estimate of drug-likeness (QED) is 0.741. The molecule has 0 aliphatic heterocycles. The van der Waals surface area contributed by atoms with Crippen LogP contribution in [-0.2, 0) is 0 Å². The van der Waals surface area contributed by atoms with Crippen LogP contribution < -0.4 is 4.74 Å². The number of hydrogen-bond acceptors (Lipinski definition) is 4. The fourth-order valence-corrected chi connectivity index (χ4v) is 1.35. The Bertz CT molecular complexity index is 516. The summed E-state index contributed by atoms with van der Waals surface area (Å²) in [5.41, 5.74) is 1.16. The maximum absolute atomic E-state index is 11.1. The second kappa shape index (κ2) is 4.18. The van der Waals surface area contributed by atoms with E-state index in [9.17, 15) is 4.79 Å². The summed E-state index contributed by atoms with van der Waals surface area (Å²) in [5, 5.41) is 3.68. The first kappa shape index (κ1) is 10.4. The van der Waals surface area contributed by atoms with E-state index >= 15 is 0 Å². The molecule has 2 aromatic rings. The van der Waals surface area contributed by atoms with E-state index in [0.29, 0.717) is 11.5 Å². The Morgan fingerprint density at radius 3 is 2.81 bits per heavy atom. The molecule has 0 aliphatic carbocycles. The summed E-state index contributed by atoms with van der Waals surface area (Å²) in [5.74, 6) is 1.18. The molecule has 4 nitrogen and oxygen atoms in total. The molecule has 16 heavy (non-hydrogen) atoms. The van der Waals surface area contributed by atoms with E-state index in [4.69, 9.17) is 9.26 Å². The van der Waals surface area contributed by atoms with Gasteiger partial charge >= 0.3 is 0 Å². The van der Waals surface area contributed by atoms with Gasteiger partial charge in [0.2, 0.25) is 0 Å². The number of aromatic nitrogens is 1. The summed E-state index contributed by atoms with van der Waals surface area (Å²) in [6.45, 7) is 1.45. The number of ketones is 1. The largest absolute Gasteiger partial charge is 0.497 e. The fraction of sp³-hybridized carbons (Fsp3) is 0.167. The SMILES string of the molecule is COc1cccc(-c2cc(C(C)=O)no2)c1. The monoisotopic (exact) mass is 217 g/mol. The van der Waals surface area contributed by atoms with Gasteiger partial charge < -0.3 is 9.26 Å². The lowest BCUT2D eigenvalue weighted by molar-refractivity contribution is 0.100. The minimum absolute atomic E-state index is 0.113. The first-order chi connectivity index (χ1) is 7.70. The maximum atomic E-state index is 11.1. The Hall–Kier alpha value is -2.10. The first-order valence-electron chi connectivity index (χ1n) is 4.83. The van der Waals surface area contributed by atoms with E-state index in [1.165, 1.54) is 6.92 Å². The normalized spacial score (nSPS) is 10.1. The topological polar surface area (TPSA) is 52.3 Å². The zero-order valence-corrected chi connectivity index (χ0v) is 9.06. The van der Waals surface area contributed by atoms with Gasteiger partial charge in [-0.25, -0.2) is 0 Å². The smallest absolute Gasteiger partial charge is 0.181 e. The predicted octanol–water partition coefficient (Wildman–Crippen LogP) is 2.55. The Balaban J connectivity index is 2.38. The number of rotatable bonds is 3. The minimum Gasteiger partial charge on any atom is -0.497 e. The van der Waals surface area contributed by atoms with Crippen molar-refractivity contribution in [3.05, 3.63) is 36.0 Å². The Morgan fingerprint density at radius 2 is 2.19 bits per heavy atom. The highest BCUT2D eigenvalue weighted by molar-refractivity contribution is 5.92. The molecule has 0 N–H and O–H groups in total. The van der Waals surface area contributed by atoms with Gasteiger partial charge in [-0.2, -0.15) is 0 Å². The Labute approximate surface area is 92.8 Å². The van der Waals surface area contributed by atoms with E-state index < -0.39 is 0 Å². The molecule has 0 amide bonds. The van der Waals surface area contributed by atoms with Gasteiger partial charge in [-0.15, -0.1) is 0 Å². The van der Waals surface area contributed by atoms with Gasteiger partial charge in [-0.05, 0) is 12.1 Å². The van der Waals surface area contributed by atoms with Crippen LogP contribution >= 0.6 is 0 Å². The number of carbonyl (C=O) groups is 1. The predicted molar refractivity (Wildman–Crippen MR) is 58.5 cm³/mol. The van der Waals surface area contributed by atoms with Crippen LogP contribution in [-0.4, -0.2) is 18.0 Å². The number of nitrogens with zero attached hydrogens (tertiary/aromatic N) is 1.